The Kier molecular flexibility index (Phi) is 3.82. The third-order valence-corrected chi connectivity index (χ3v) is 4.26. The van der Waals surface area contributed by atoms with Crippen LogP contribution in [0.4, 0.5) is 0 Å². The average molecular weight is 238 g/mol. The predicted octanol–water partition coefficient (Wildman–Crippen LogP) is 2.33. The van der Waals surface area contributed by atoms with Crippen molar-refractivity contribution in [3.63, 3.8) is 0 Å². The maximum atomic E-state index is 11.2. The third-order valence-electron chi connectivity index (χ3n) is 4.26. The van der Waals surface area contributed by atoms with Crippen molar-refractivity contribution in [3.8, 4) is 0 Å². The van der Waals surface area contributed by atoms with E-state index < -0.39 is 0 Å². The third kappa shape index (κ3) is 2.68. The molecule has 0 radical (unpaired) electrons. The lowest BCUT2D eigenvalue weighted by Gasteiger charge is -2.36. The van der Waals surface area contributed by atoms with E-state index >= 15 is 0 Å². The standard InChI is InChI=1S/C13H22N2O2/c1-10-5-3-7-12(15(16)17)13(10)11-6-4-8-14(2)9-11/h6,10,12-13H,3-5,7-9H2,1-2H3. The van der Waals surface area contributed by atoms with Gasteiger partial charge in [-0.15, -0.1) is 0 Å². The number of hydrogen-bond donors (Lipinski definition) is 0. The summed E-state index contributed by atoms with van der Waals surface area (Å²) in [6, 6.07) is -0.350. The molecule has 0 saturated heterocycles. The summed E-state index contributed by atoms with van der Waals surface area (Å²) < 4.78 is 0. The lowest BCUT2D eigenvalue weighted by atomic mass is 9.72. The first-order valence-corrected chi connectivity index (χ1v) is 6.60. The quantitative estimate of drug-likeness (QED) is 0.421. The summed E-state index contributed by atoms with van der Waals surface area (Å²) in [5.41, 5.74) is 1.31. The lowest BCUT2D eigenvalue weighted by Crippen LogP contribution is -2.41. The summed E-state index contributed by atoms with van der Waals surface area (Å²) in [5, 5.41) is 11.2. The van der Waals surface area contributed by atoms with Crippen LogP contribution in [0.2, 0.25) is 0 Å². The zero-order valence-corrected chi connectivity index (χ0v) is 10.8. The van der Waals surface area contributed by atoms with Crippen molar-refractivity contribution in [2.45, 2.75) is 38.6 Å². The van der Waals surface area contributed by atoms with Crippen molar-refractivity contribution < 1.29 is 4.92 Å². The number of likely N-dealkylation sites (N-methyl/N-ethyl adjacent to an activating group) is 1. The molecular formula is C13H22N2O2. The van der Waals surface area contributed by atoms with Crippen molar-refractivity contribution in [3.05, 3.63) is 21.8 Å². The number of nitro groups is 1. The summed E-state index contributed by atoms with van der Waals surface area (Å²) >= 11 is 0. The topological polar surface area (TPSA) is 46.4 Å². The molecule has 17 heavy (non-hydrogen) atoms. The second-order valence-electron chi connectivity index (χ2n) is 5.59. The summed E-state index contributed by atoms with van der Waals surface area (Å²) in [7, 11) is 2.10. The Morgan fingerprint density at radius 3 is 2.88 bits per heavy atom. The summed E-state index contributed by atoms with van der Waals surface area (Å²) in [6.07, 6.45) is 6.19. The van der Waals surface area contributed by atoms with E-state index in [4.69, 9.17) is 0 Å². The summed E-state index contributed by atoms with van der Waals surface area (Å²) in [5.74, 6) is 0.624. The van der Waals surface area contributed by atoms with E-state index in [-0.39, 0.29) is 16.9 Å². The molecule has 96 valence electrons. The maximum absolute atomic E-state index is 11.2. The fraction of sp³-hybridized carbons (Fsp3) is 0.846. The van der Waals surface area contributed by atoms with Crippen molar-refractivity contribution in [2.75, 3.05) is 20.1 Å². The Bertz CT molecular complexity index is 327. The molecule has 1 fully saturated rings. The largest absolute Gasteiger partial charge is 0.302 e. The molecular weight excluding hydrogens is 216 g/mol. The molecule has 1 aliphatic carbocycles. The molecule has 1 saturated carbocycles. The van der Waals surface area contributed by atoms with E-state index in [0.29, 0.717) is 5.92 Å². The molecule has 1 aliphatic heterocycles. The van der Waals surface area contributed by atoms with Gasteiger partial charge < -0.3 is 4.90 Å². The van der Waals surface area contributed by atoms with Gasteiger partial charge in [0, 0.05) is 24.4 Å². The first-order chi connectivity index (χ1) is 8.09. The number of rotatable bonds is 2. The second-order valence-corrected chi connectivity index (χ2v) is 5.59. The number of hydrogen-bond acceptors (Lipinski definition) is 3. The second kappa shape index (κ2) is 5.17. The van der Waals surface area contributed by atoms with E-state index in [1.165, 1.54) is 5.57 Å². The van der Waals surface area contributed by atoms with Crippen molar-refractivity contribution in [1.29, 1.82) is 0 Å². The fourth-order valence-electron chi connectivity index (χ4n) is 3.40. The first kappa shape index (κ1) is 12.6. The minimum Gasteiger partial charge on any atom is -0.302 e. The van der Waals surface area contributed by atoms with Crippen molar-refractivity contribution >= 4 is 0 Å². The monoisotopic (exact) mass is 238 g/mol. The summed E-state index contributed by atoms with van der Waals surface area (Å²) in [4.78, 5) is 13.4. The van der Waals surface area contributed by atoms with Crippen LogP contribution in [0.3, 0.4) is 0 Å². The number of nitrogens with zero attached hydrogens (tertiary/aromatic N) is 2. The van der Waals surface area contributed by atoms with Crippen LogP contribution in [0, 0.1) is 22.0 Å². The van der Waals surface area contributed by atoms with Gasteiger partial charge in [-0.2, -0.15) is 0 Å². The molecule has 2 aliphatic rings. The van der Waals surface area contributed by atoms with Crippen LogP contribution < -0.4 is 0 Å². The van der Waals surface area contributed by atoms with Gasteiger partial charge >= 0.3 is 0 Å². The predicted molar refractivity (Wildman–Crippen MR) is 67.5 cm³/mol. The minimum absolute atomic E-state index is 0.0459. The molecule has 4 heteroatoms. The molecule has 1 heterocycles. The molecule has 0 N–H and O–H groups in total. The molecule has 0 amide bonds. The molecule has 3 atom stereocenters. The van der Waals surface area contributed by atoms with Crippen molar-refractivity contribution in [1.82, 2.24) is 4.90 Å². The Balaban J connectivity index is 2.19. The van der Waals surface area contributed by atoms with Crippen LogP contribution in [-0.2, 0) is 0 Å². The van der Waals surface area contributed by atoms with Crippen molar-refractivity contribution in [2.24, 2.45) is 11.8 Å². The zero-order chi connectivity index (χ0) is 12.4. The molecule has 4 nitrogen and oxygen atoms in total. The Hall–Kier alpha value is -0.900. The zero-order valence-electron chi connectivity index (χ0n) is 10.8. The Morgan fingerprint density at radius 1 is 1.47 bits per heavy atom. The molecule has 0 spiro atoms. The van der Waals surface area contributed by atoms with Crippen LogP contribution >= 0.6 is 0 Å². The Labute approximate surface area is 103 Å². The van der Waals surface area contributed by atoms with Gasteiger partial charge in [-0.05, 0) is 37.8 Å². The molecule has 3 unspecified atom stereocenters. The van der Waals surface area contributed by atoms with Crippen LogP contribution in [0.25, 0.3) is 0 Å². The van der Waals surface area contributed by atoms with Gasteiger partial charge in [0.05, 0.1) is 5.92 Å². The normalized spacial score (nSPS) is 35.4. The Morgan fingerprint density at radius 2 is 2.24 bits per heavy atom. The summed E-state index contributed by atoms with van der Waals surface area (Å²) in [6.45, 7) is 4.17. The molecule has 0 aromatic rings. The van der Waals surface area contributed by atoms with E-state index in [9.17, 15) is 10.1 Å². The van der Waals surface area contributed by atoms with Crippen LogP contribution in [-0.4, -0.2) is 36.0 Å². The highest BCUT2D eigenvalue weighted by Gasteiger charge is 2.41. The minimum atomic E-state index is -0.350. The lowest BCUT2D eigenvalue weighted by molar-refractivity contribution is -0.535. The fourth-order valence-corrected chi connectivity index (χ4v) is 3.40. The molecule has 2 rings (SSSR count). The van der Waals surface area contributed by atoms with E-state index in [1.807, 2.05) is 0 Å². The van der Waals surface area contributed by atoms with Gasteiger partial charge in [-0.25, -0.2) is 0 Å². The highest BCUT2D eigenvalue weighted by atomic mass is 16.6. The van der Waals surface area contributed by atoms with Gasteiger partial charge in [0.25, 0.3) is 0 Å². The highest BCUT2D eigenvalue weighted by molar-refractivity contribution is 5.15. The molecule has 0 aromatic carbocycles. The SMILES string of the molecule is CC1CCCC([N+](=O)[O-])C1C1=CCCN(C)C1. The maximum Gasteiger partial charge on any atom is 0.219 e. The van der Waals surface area contributed by atoms with Crippen LogP contribution in [0.5, 0.6) is 0 Å². The van der Waals surface area contributed by atoms with Crippen LogP contribution in [0.1, 0.15) is 32.6 Å². The first-order valence-electron chi connectivity index (χ1n) is 6.60. The van der Waals surface area contributed by atoms with E-state index in [2.05, 4.69) is 24.9 Å². The van der Waals surface area contributed by atoms with Gasteiger partial charge in [0.1, 0.15) is 0 Å². The molecule has 0 bridgehead atoms. The van der Waals surface area contributed by atoms with E-state index in [0.717, 1.165) is 38.8 Å². The van der Waals surface area contributed by atoms with E-state index in [1.54, 1.807) is 0 Å². The van der Waals surface area contributed by atoms with Gasteiger partial charge in [-0.1, -0.05) is 13.0 Å². The van der Waals surface area contributed by atoms with Crippen LogP contribution in [0.15, 0.2) is 11.6 Å². The average Bonchev–Trinajstić information content (AvgIpc) is 2.28. The smallest absolute Gasteiger partial charge is 0.219 e. The van der Waals surface area contributed by atoms with Gasteiger partial charge in [-0.3, -0.25) is 10.1 Å². The highest BCUT2D eigenvalue weighted by Crippen LogP contribution is 2.37. The molecule has 0 aromatic heterocycles. The van der Waals surface area contributed by atoms with Gasteiger partial charge in [0.2, 0.25) is 6.04 Å². The van der Waals surface area contributed by atoms with Gasteiger partial charge in [0.15, 0.2) is 0 Å².